The van der Waals surface area contributed by atoms with E-state index in [0.717, 1.165) is 0 Å². The van der Waals surface area contributed by atoms with Crippen molar-refractivity contribution in [3.8, 4) is 0 Å². The van der Waals surface area contributed by atoms with Gasteiger partial charge in [0.05, 0.1) is 11.3 Å². The summed E-state index contributed by atoms with van der Waals surface area (Å²) in [5.41, 5.74) is 1.47. The lowest BCUT2D eigenvalue weighted by atomic mass is 10.0. The molecule has 3 rings (SSSR count). The van der Waals surface area contributed by atoms with Crippen LogP contribution in [0.25, 0.3) is 5.57 Å². The van der Waals surface area contributed by atoms with Crippen LogP contribution in [0, 0.1) is 5.82 Å². The van der Waals surface area contributed by atoms with Gasteiger partial charge >= 0.3 is 0 Å². The van der Waals surface area contributed by atoms with Crippen LogP contribution in [0.3, 0.4) is 0 Å². The quantitative estimate of drug-likeness (QED) is 0.640. The van der Waals surface area contributed by atoms with Crippen molar-refractivity contribution in [2.45, 2.75) is 0 Å². The lowest BCUT2D eigenvalue weighted by Crippen LogP contribution is -2.06. The number of aromatic nitrogens is 1. The first kappa shape index (κ1) is 11.4. The first-order valence-electron chi connectivity index (χ1n) is 5.66. The Hall–Kier alpha value is -2.69. The van der Waals surface area contributed by atoms with Gasteiger partial charge in [-0.15, -0.1) is 0 Å². The minimum atomic E-state index is -0.450. The minimum absolute atomic E-state index is 0.175. The number of anilines is 1. The molecule has 0 spiro atoms. The molecule has 0 aliphatic carbocycles. The van der Waals surface area contributed by atoms with Gasteiger partial charge in [0.1, 0.15) is 5.82 Å². The topological polar surface area (TPSA) is 62.0 Å². The highest BCUT2D eigenvalue weighted by Crippen LogP contribution is 2.32. The second-order valence-electron chi connectivity index (χ2n) is 4.15. The molecule has 2 aromatic rings. The number of amides is 1. The van der Waals surface area contributed by atoms with E-state index in [0.29, 0.717) is 16.9 Å². The predicted molar refractivity (Wildman–Crippen MR) is 68.1 cm³/mol. The van der Waals surface area contributed by atoms with Crippen LogP contribution in [0.5, 0.6) is 0 Å². The molecule has 0 fully saturated rings. The molecule has 0 radical (unpaired) electrons. The number of hydrogen-bond donors (Lipinski definition) is 2. The van der Waals surface area contributed by atoms with Gasteiger partial charge in [-0.1, -0.05) is 0 Å². The number of ketones is 1. The molecule has 0 saturated carbocycles. The lowest BCUT2D eigenvalue weighted by Gasteiger charge is -1.98. The van der Waals surface area contributed by atoms with Crippen LogP contribution in [0.4, 0.5) is 10.1 Å². The number of carbonyl (C=O) groups excluding carboxylic acids is 2. The van der Waals surface area contributed by atoms with Crippen LogP contribution in [0.1, 0.15) is 16.1 Å². The number of carbonyl (C=O) groups is 2. The second-order valence-corrected chi connectivity index (χ2v) is 4.15. The van der Waals surface area contributed by atoms with Crippen LogP contribution in [0.2, 0.25) is 0 Å². The summed E-state index contributed by atoms with van der Waals surface area (Å²) in [6.07, 6.45) is 2.83. The van der Waals surface area contributed by atoms with Crippen LogP contribution >= 0.6 is 0 Å². The summed E-state index contributed by atoms with van der Waals surface area (Å²) in [5, 5.41) is 2.59. The van der Waals surface area contributed by atoms with E-state index < -0.39 is 11.7 Å². The summed E-state index contributed by atoms with van der Waals surface area (Å²) in [7, 11) is 0. The van der Waals surface area contributed by atoms with E-state index in [4.69, 9.17) is 0 Å². The minimum Gasteiger partial charge on any atom is -0.359 e. The largest absolute Gasteiger partial charge is 0.359 e. The number of H-pyrrole nitrogens is 1. The Morgan fingerprint density at radius 3 is 2.84 bits per heavy atom. The van der Waals surface area contributed by atoms with Gasteiger partial charge in [-0.2, -0.15) is 0 Å². The number of benzene rings is 1. The van der Waals surface area contributed by atoms with Crippen LogP contribution in [-0.4, -0.2) is 16.7 Å². The summed E-state index contributed by atoms with van der Waals surface area (Å²) in [6.45, 7) is 0. The summed E-state index contributed by atoms with van der Waals surface area (Å²) in [6, 6.07) is 7.27. The molecule has 0 saturated heterocycles. The molecule has 1 aromatic heterocycles. The van der Waals surface area contributed by atoms with Gasteiger partial charge in [-0.25, -0.2) is 4.39 Å². The normalized spacial score (nSPS) is 15.4. The first-order valence-corrected chi connectivity index (χ1v) is 5.66. The molecule has 2 heterocycles. The maximum Gasteiger partial charge on any atom is 0.256 e. The summed E-state index contributed by atoms with van der Waals surface area (Å²) >= 11 is 0. The van der Waals surface area contributed by atoms with Gasteiger partial charge in [0, 0.05) is 23.5 Å². The van der Waals surface area contributed by atoms with E-state index in [1.165, 1.54) is 24.3 Å². The highest BCUT2D eigenvalue weighted by Gasteiger charge is 2.25. The van der Waals surface area contributed by atoms with Gasteiger partial charge in [0.2, 0.25) is 5.78 Å². The zero-order valence-electron chi connectivity index (χ0n) is 9.74. The fraction of sp³-hybridized carbons (Fsp3) is 0. The number of fused-ring (bicyclic) bond motifs is 1. The zero-order valence-corrected chi connectivity index (χ0v) is 9.74. The van der Waals surface area contributed by atoms with Crippen molar-refractivity contribution in [3.63, 3.8) is 0 Å². The van der Waals surface area contributed by atoms with E-state index in [9.17, 15) is 14.0 Å². The maximum atomic E-state index is 13.2. The fourth-order valence-corrected chi connectivity index (χ4v) is 2.00. The Morgan fingerprint density at radius 2 is 2.11 bits per heavy atom. The fourth-order valence-electron chi connectivity index (χ4n) is 2.00. The van der Waals surface area contributed by atoms with E-state index in [2.05, 4.69) is 10.3 Å². The van der Waals surface area contributed by atoms with Gasteiger partial charge in [-0.3, -0.25) is 9.59 Å². The van der Waals surface area contributed by atoms with Crippen LogP contribution in [-0.2, 0) is 4.79 Å². The average Bonchev–Trinajstić information content (AvgIpc) is 2.99. The molecule has 0 unspecified atom stereocenters. The maximum absolute atomic E-state index is 13.2. The van der Waals surface area contributed by atoms with Crippen LogP contribution in [0.15, 0.2) is 42.6 Å². The van der Waals surface area contributed by atoms with E-state index in [1.807, 2.05) is 0 Å². The molecule has 1 aliphatic rings. The number of aromatic amines is 1. The average molecular weight is 256 g/mol. The highest BCUT2D eigenvalue weighted by atomic mass is 19.1. The van der Waals surface area contributed by atoms with Crippen molar-refractivity contribution in [2.24, 2.45) is 0 Å². The van der Waals surface area contributed by atoms with Crippen molar-refractivity contribution < 1.29 is 14.0 Å². The number of halogens is 1. The molecule has 19 heavy (non-hydrogen) atoms. The van der Waals surface area contributed by atoms with Gasteiger partial charge in [0.15, 0.2) is 0 Å². The smallest absolute Gasteiger partial charge is 0.256 e. The molecule has 2 N–H and O–H groups in total. The third kappa shape index (κ3) is 1.95. The van der Waals surface area contributed by atoms with E-state index >= 15 is 0 Å². The Morgan fingerprint density at radius 1 is 1.26 bits per heavy atom. The van der Waals surface area contributed by atoms with E-state index in [-0.39, 0.29) is 11.4 Å². The number of hydrogen-bond acceptors (Lipinski definition) is 2. The standard InChI is InChI=1S/C14H9FN2O2/c15-8-3-4-11-9(6-8)10(14(19)17-11)7-13(18)12-2-1-5-16-12/h1-7,16H,(H,17,19)/b10-7+. The van der Waals surface area contributed by atoms with Crippen molar-refractivity contribution >= 4 is 23.0 Å². The van der Waals surface area contributed by atoms with Crippen LogP contribution < -0.4 is 5.32 Å². The molecular weight excluding hydrogens is 247 g/mol. The first-order chi connectivity index (χ1) is 9.15. The Kier molecular flexibility index (Phi) is 2.52. The number of nitrogens with one attached hydrogen (secondary N) is 2. The molecule has 5 heteroatoms. The molecule has 94 valence electrons. The van der Waals surface area contributed by atoms with Gasteiger partial charge in [-0.05, 0) is 30.3 Å². The molecule has 1 amide bonds. The SMILES string of the molecule is O=C1Nc2ccc(F)cc2/C1=C\C(=O)c1ccc[nH]1. The zero-order chi connectivity index (χ0) is 13.4. The third-order valence-electron chi connectivity index (χ3n) is 2.90. The summed E-state index contributed by atoms with van der Waals surface area (Å²) < 4.78 is 13.2. The Bertz CT molecular complexity index is 702. The van der Waals surface area contributed by atoms with Crippen molar-refractivity contribution in [1.82, 2.24) is 4.98 Å². The molecule has 1 aliphatic heterocycles. The Balaban J connectivity index is 2.04. The monoisotopic (exact) mass is 256 g/mol. The van der Waals surface area contributed by atoms with Crippen molar-refractivity contribution in [3.05, 3.63) is 59.7 Å². The summed E-state index contributed by atoms with van der Waals surface area (Å²) in [5.74, 6) is -1.18. The molecule has 4 nitrogen and oxygen atoms in total. The predicted octanol–water partition coefficient (Wildman–Crippen LogP) is 2.37. The molecule has 1 aromatic carbocycles. The molecule has 0 atom stereocenters. The number of allylic oxidation sites excluding steroid dienone is 1. The van der Waals surface area contributed by atoms with Crippen molar-refractivity contribution in [2.75, 3.05) is 5.32 Å². The Labute approximate surface area is 108 Å². The molecular formula is C14H9FN2O2. The molecule has 0 bridgehead atoms. The van der Waals surface area contributed by atoms with E-state index in [1.54, 1.807) is 18.3 Å². The van der Waals surface area contributed by atoms with Crippen molar-refractivity contribution in [1.29, 1.82) is 0 Å². The number of rotatable bonds is 2. The lowest BCUT2D eigenvalue weighted by molar-refractivity contribution is -0.110. The van der Waals surface area contributed by atoms with Gasteiger partial charge in [0.25, 0.3) is 5.91 Å². The summed E-state index contributed by atoms with van der Waals surface area (Å²) in [4.78, 5) is 26.5. The second kappa shape index (κ2) is 4.20. The third-order valence-corrected chi connectivity index (χ3v) is 2.90. The highest BCUT2D eigenvalue weighted by molar-refractivity contribution is 6.34. The van der Waals surface area contributed by atoms with Gasteiger partial charge < -0.3 is 10.3 Å².